The first-order valence-corrected chi connectivity index (χ1v) is 6.38. The van der Waals surface area contributed by atoms with Crippen molar-refractivity contribution in [3.63, 3.8) is 0 Å². The molecule has 0 bridgehead atoms. The second-order valence-electron chi connectivity index (χ2n) is 4.51. The summed E-state index contributed by atoms with van der Waals surface area (Å²) in [5.41, 5.74) is 1.67. The number of phenolic OH excluding ortho intramolecular Hbond substituents is 1. The zero-order chi connectivity index (χ0) is 15.4. The van der Waals surface area contributed by atoms with Crippen LogP contribution in [0.15, 0.2) is 36.4 Å². The maximum Gasteiger partial charge on any atom is 0.259 e. The van der Waals surface area contributed by atoms with Crippen LogP contribution in [0.2, 0.25) is 0 Å². The van der Waals surface area contributed by atoms with E-state index in [0.29, 0.717) is 11.4 Å². The number of hydrogen-bond acceptors (Lipinski definition) is 4. The lowest BCUT2D eigenvalue weighted by Gasteiger charge is -2.12. The van der Waals surface area contributed by atoms with Crippen molar-refractivity contribution in [1.82, 2.24) is 0 Å². The van der Waals surface area contributed by atoms with Gasteiger partial charge in [-0.05, 0) is 36.8 Å². The highest BCUT2D eigenvalue weighted by molar-refractivity contribution is 6.07. The molecule has 110 valence electrons. The van der Waals surface area contributed by atoms with Crippen molar-refractivity contribution in [1.29, 1.82) is 0 Å². The summed E-state index contributed by atoms with van der Waals surface area (Å²) in [4.78, 5) is 12.3. The number of hydrogen-bond donors (Lipinski definition) is 2. The molecule has 21 heavy (non-hydrogen) atoms. The molecule has 5 heteroatoms. The SMILES string of the molecule is COc1ccc(C)cc1NC(=O)c1cccc(OC)c1O. The number of amides is 1. The van der Waals surface area contributed by atoms with E-state index in [1.165, 1.54) is 20.3 Å². The van der Waals surface area contributed by atoms with Gasteiger partial charge in [-0.25, -0.2) is 0 Å². The van der Waals surface area contributed by atoms with Gasteiger partial charge in [0.15, 0.2) is 11.5 Å². The molecule has 2 N–H and O–H groups in total. The third kappa shape index (κ3) is 3.08. The quantitative estimate of drug-likeness (QED) is 0.907. The standard InChI is InChI=1S/C16H17NO4/c1-10-7-8-13(20-2)12(9-10)17-16(19)11-5-4-6-14(21-3)15(11)18/h4-9,18H,1-3H3,(H,17,19). The van der Waals surface area contributed by atoms with Crippen LogP contribution in [-0.4, -0.2) is 25.2 Å². The molecule has 2 aromatic rings. The van der Waals surface area contributed by atoms with E-state index >= 15 is 0 Å². The van der Waals surface area contributed by atoms with Gasteiger partial charge < -0.3 is 19.9 Å². The summed E-state index contributed by atoms with van der Waals surface area (Å²) in [5.74, 6) is 0.176. The van der Waals surface area contributed by atoms with E-state index in [-0.39, 0.29) is 17.1 Å². The van der Waals surface area contributed by atoms with E-state index in [9.17, 15) is 9.90 Å². The fourth-order valence-corrected chi connectivity index (χ4v) is 1.98. The predicted molar refractivity (Wildman–Crippen MR) is 80.3 cm³/mol. The van der Waals surface area contributed by atoms with Crippen LogP contribution in [-0.2, 0) is 0 Å². The lowest BCUT2D eigenvalue weighted by atomic mass is 10.1. The zero-order valence-electron chi connectivity index (χ0n) is 12.1. The number of para-hydroxylation sites is 1. The minimum absolute atomic E-state index is 0.137. The number of anilines is 1. The van der Waals surface area contributed by atoms with Crippen molar-refractivity contribution in [2.45, 2.75) is 6.92 Å². The third-order valence-corrected chi connectivity index (χ3v) is 3.07. The molecule has 0 aliphatic rings. The van der Waals surface area contributed by atoms with Crippen molar-refractivity contribution in [2.24, 2.45) is 0 Å². The highest BCUT2D eigenvalue weighted by Gasteiger charge is 2.16. The Bertz CT molecular complexity index is 667. The van der Waals surface area contributed by atoms with Crippen LogP contribution in [0.3, 0.4) is 0 Å². The highest BCUT2D eigenvalue weighted by atomic mass is 16.5. The Labute approximate surface area is 123 Å². The van der Waals surface area contributed by atoms with E-state index in [1.807, 2.05) is 13.0 Å². The molecule has 0 aromatic heterocycles. The van der Waals surface area contributed by atoms with Crippen molar-refractivity contribution in [3.05, 3.63) is 47.5 Å². The van der Waals surface area contributed by atoms with E-state index in [0.717, 1.165) is 5.56 Å². The van der Waals surface area contributed by atoms with E-state index in [4.69, 9.17) is 9.47 Å². The Morgan fingerprint density at radius 2 is 1.81 bits per heavy atom. The Morgan fingerprint density at radius 1 is 1.10 bits per heavy atom. The van der Waals surface area contributed by atoms with Crippen molar-refractivity contribution < 1.29 is 19.4 Å². The number of carbonyl (C=O) groups is 1. The largest absolute Gasteiger partial charge is 0.504 e. The second kappa shape index (κ2) is 6.17. The first-order valence-electron chi connectivity index (χ1n) is 6.38. The Balaban J connectivity index is 2.32. The molecule has 1 amide bonds. The van der Waals surface area contributed by atoms with Gasteiger partial charge in [-0.3, -0.25) is 4.79 Å². The number of rotatable bonds is 4. The smallest absolute Gasteiger partial charge is 0.259 e. The zero-order valence-corrected chi connectivity index (χ0v) is 12.1. The first-order chi connectivity index (χ1) is 10.1. The lowest BCUT2D eigenvalue weighted by Crippen LogP contribution is -2.13. The van der Waals surface area contributed by atoms with Gasteiger partial charge in [-0.2, -0.15) is 0 Å². The van der Waals surface area contributed by atoms with Crippen LogP contribution in [0.25, 0.3) is 0 Å². The summed E-state index contributed by atoms with van der Waals surface area (Å²) in [6, 6.07) is 10.2. The average Bonchev–Trinajstić information content (AvgIpc) is 2.47. The first kappa shape index (κ1) is 14.7. The fourth-order valence-electron chi connectivity index (χ4n) is 1.98. The summed E-state index contributed by atoms with van der Waals surface area (Å²) in [6.45, 7) is 1.91. The maximum absolute atomic E-state index is 12.3. The van der Waals surface area contributed by atoms with Gasteiger partial charge in [-0.1, -0.05) is 12.1 Å². The van der Waals surface area contributed by atoms with E-state index in [2.05, 4.69) is 5.32 Å². The molecular formula is C16H17NO4. The van der Waals surface area contributed by atoms with Crippen LogP contribution in [0.1, 0.15) is 15.9 Å². The van der Waals surface area contributed by atoms with Gasteiger partial charge in [0.25, 0.3) is 5.91 Å². The molecular weight excluding hydrogens is 270 g/mol. The number of nitrogens with one attached hydrogen (secondary N) is 1. The molecule has 0 radical (unpaired) electrons. The number of benzene rings is 2. The number of aryl methyl sites for hydroxylation is 1. The second-order valence-corrected chi connectivity index (χ2v) is 4.51. The third-order valence-electron chi connectivity index (χ3n) is 3.07. The number of phenols is 1. The molecule has 0 spiro atoms. The Hall–Kier alpha value is -2.69. The molecule has 0 fully saturated rings. The van der Waals surface area contributed by atoms with Gasteiger partial charge in [-0.15, -0.1) is 0 Å². The molecule has 0 saturated carbocycles. The van der Waals surface area contributed by atoms with Crippen LogP contribution in [0.4, 0.5) is 5.69 Å². The molecule has 2 aromatic carbocycles. The number of carbonyl (C=O) groups excluding carboxylic acids is 1. The summed E-state index contributed by atoms with van der Waals surface area (Å²) in [7, 11) is 2.96. The molecule has 2 rings (SSSR count). The average molecular weight is 287 g/mol. The van der Waals surface area contributed by atoms with Gasteiger partial charge >= 0.3 is 0 Å². The van der Waals surface area contributed by atoms with Crippen molar-refractivity contribution in [3.8, 4) is 17.2 Å². The minimum atomic E-state index is -0.435. The normalized spacial score (nSPS) is 10.0. The Morgan fingerprint density at radius 3 is 2.48 bits per heavy atom. The van der Waals surface area contributed by atoms with Gasteiger partial charge in [0.1, 0.15) is 5.75 Å². The molecule has 5 nitrogen and oxygen atoms in total. The predicted octanol–water partition coefficient (Wildman–Crippen LogP) is 2.97. The van der Waals surface area contributed by atoms with Crippen molar-refractivity contribution in [2.75, 3.05) is 19.5 Å². The maximum atomic E-state index is 12.3. The van der Waals surface area contributed by atoms with Crippen LogP contribution >= 0.6 is 0 Å². The number of aromatic hydroxyl groups is 1. The molecule has 0 saturated heterocycles. The summed E-state index contributed by atoms with van der Waals surface area (Å²) in [5, 5.41) is 12.7. The van der Waals surface area contributed by atoms with Gasteiger partial charge in [0, 0.05) is 0 Å². The summed E-state index contributed by atoms with van der Waals surface area (Å²) in [6.07, 6.45) is 0. The van der Waals surface area contributed by atoms with Crippen LogP contribution in [0.5, 0.6) is 17.2 Å². The van der Waals surface area contributed by atoms with Crippen LogP contribution in [0, 0.1) is 6.92 Å². The Kier molecular flexibility index (Phi) is 4.33. The van der Waals surface area contributed by atoms with Gasteiger partial charge in [0.05, 0.1) is 25.5 Å². The van der Waals surface area contributed by atoms with Gasteiger partial charge in [0.2, 0.25) is 0 Å². The molecule has 0 unspecified atom stereocenters. The lowest BCUT2D eigenvalue weighted by molar-refractivity contribution is 0.102. The minimum Gasteiger partial charge on any atom is -0.504 e. The van der Waals surface area contributed by atoms with Crippen molar-refractivity contribution >= 4 is 11.6 Å². The topological polar surface area (TPSA) is 67.8 Å². The monoisotopic (exact) mass is 287 g/mol. The summed E-state index contributed by atoms with van der Waals surface area (Å²) >= 11 is 0. The van der Waals surface area contributed by atoms with E-state index < -0.39 is 5.91 Å². The van der Waals surface area contributed by atoms with Crippen LogP contribution < -0.4 is 14.8 Å². The number of methoxy groups -OCH3 is 2. The molecule has 0 heterocycles. The number of ether oxygens (including phenoxy) is 2. The highest BCUT2D eigenvalue weighted by Crippen LogP contribution is 2.31. The van der Waals surface area contributed by atoms with E-state index in [1.54, 1.807) is 24.3 Å². The fraction of sp³-hybridized carbons (Fsp3) is 0.188. The molecule has 0 atom stereocenters. The molecule has 0 aliphatic carbocycles. The molecule has 0 aliphatic heterocycles. The summed E-state index contributed by atoms with van der Waals surface area (Å²) < 4.78 is 10.2.